The van der Waals surface area contributed by atoms with E-state index in [1.165, 1.54) is 10.6 Å². The Morgan fingerprint density at radius 3 is 2.64 bits per heavy atom. The second-order valence-corrected chi connectivity index (χ2v) is 5.66. The lowest BCUT2D eigenvalue weighted by molar-refractivity contribution is 0.0314. The van der Waals surface area contributed by atoms with Crippen LogP contribution in [0.3, 0.4) is 0 Å². The SMILES string of the molecule is CO[C@@H]1CNCC[C@H]1N(C)S(C)(=O)=O. The van der Waals surface area contributed by atoms with Crippen LogP contribution in [-0.4, -0.2) is 58.4 Å². The molecule has 1 fully saturated rings. The zero-order chi connectivity index (χ0) is 10.8. The maximum absolute atomic E-state index is 11.3. The quantitative estimate of drug-likeness (QED) is 0.683. The van der Waals surface area contributed by atoms with Crippen molar-refractivity contribution in [3.8, 4) is 0 Å². The second-order valence-electron chi connectivity index (χ2n) is 3.61. The van der Waals surface area contributed by atoms with E-state index in [9.17, 15) is 8.42 Å². The fourth-order valence-electron chi connectivity index (χ4n) is 1.72. The maximum Gasteiger partial charge on any atom is 0.211 e. The van der Waals surface area contributed by atoms with E-state index in [1.807, 2.05) is 0 Å². The molecule has 1 heterocycles. The number of hydrogen-bond donors (Lipinski definition) is 1. The molecule has 0 saturated carbocycles. The molecule has 14 heavy (non-hydrogen) atoms. The third-order valence-electron chi connectivity index (χ3n) is 2.68. The van der Waals surface area contributed by atoms with Gasteiger partial charge in [0.2, 0.25) is 10.0 Å². The molecule has 0 amide bonds. The molecule has 6 heteroatoms. The Bertz CT molecular complexity index is 278. The molecule has 1 saturated heterocycles. The zero-order valence-corrected chi connectivity index (χ0v) is 9.67. The van der Waals surface area contributed by atoms with Crippen molar-refractivity contribution in [1.82, 2.24) is 9.62 Å². The van der Waals surface area contributed by atoms with Crippen LogP contribution in [0.15, 0.2) is 0 Å². The molecule has 0 spiro atoms. The summed E-state index contributed by atoms with van der Waals surface area (Å²) in [6, 6.07) is -0.0451. The van der Waals surface area contributed by atoms with E-state index >= 15 is 0 Å². The van der Waals surface area contributed by atoms with Crippen LogP contribution < -0.4 is 5.32 Å². The highest BCUT2D eigenvalue weighted by molar-refractivity contribution is 7.88. The Hall–Kier alpha value is -0.170. The van der Waals surface area contributed by atoms with E-state index in [0.29, 0.717) is 6.54 Å². The van der Waals surface area contributed by atoms with Crippen molar-refractivity contribution < 1.29 is 13.2 Å². The lowest BCUT2D eigenvalue weighted by atomic mass is 10.0. The van der Waals surface area contributed by atoms with Gasteiger partial charge in [0, 0.05) is 20.7 Å². The zero-order valence-electron chi connectivity index (χ0n) is 8.86. The van der Waals surface area contributed by atoms with Gasteiger partial charge in [-0.25, -0.2) is 8.42 Å². The number of methoxy groups -OCH3 is 1. The lowest BCUT2D eigenvalue weighted by Crippen LogP contribution is -2.53. The third-order valence-corrected chi connectivity index (χ3v) is 4.00. The van der Waals surface area contributed by atoms with E-state index in [4.69, 9.17) is 4.74 Å². The fourth-order valence-corrected chi connectivity index (χ4v) is 2.45. The van der Waals surface area contributed by atoms with Gasteiger partial charge < -0.3 is 10.1 Å². The molecule has 1 N–H and O–H groups in total. The van der Waals surface area contributed by atoms with Crippen molar-refractivity contribution in [3.05, 3.63) is 0 Å². The topological polar surface area (TPSA) is 58.6 Å². The molecule has 0 aliphatic carbocycles. The predicted octanol–water partition coefficient (Wildman–Crippen LogP) is -0.745. The maximum atomic E-state index is 11.3. The molecule has 0 aromatic rings. The Morgan fingerprint density at radius 2 is 2.14 bits per heavy atom. The summed E-state index contributed by atoms with van der Waals surface area (Å²) in [5, 5.41) is 3.18. The summed E-state index contributed by atoms with van der Waals surface area (Å²) in [5.74, 6) is 0. The van der Waals surface area contributed by atoms with E-state index in [-0.39, 0.29) is 12.1 Å². The number of nitrogens with one attached hydrogen (secondary N) is 1. The minimum absolute atomic E-state index is 0.0451. The summed E-state index contributed by atoms with van der Waals surface area (Å²) in [6.07, 6.45) is 1.97. The second kappa shape index (κ2) is 4.57. The van der Waals surface area contributed by atoms with Gasteiger partial charge >= 0.3 is 0 Å². The van der Waals surface area contributed by atoms with Crippen LogP contribution in [0.25, 0.3) is 0 Å². The Morgan fingerprint density at radius 1 is 1.50 bits per heavy atom. The summed E-state index contributed by atoms with van der Waals surface area (Å²) in [7, 11) is 0.100. The van der Waals surface area contributed by atoms with Gasteiger partial charge in [-0.1, -0.05) is 0 Å². The first kappa shape index (κ1) is 11.9. The van der Waals surface area contributed by atoms with Gasteiger partial charge in [-0.05, 0) is 13.0 Å². The van der Waals surface area contributed by atoms with Crippen LogP contribution in [0.4, 0.5) is 0 Å². The van der Waals surface area contributed by atoms with Crippen LogP contribution in [-0.2, 0) is 14.8 Å². The molecule has 1 aliphatic heterocycles. The summed E-state index contributed by atoms with van der Waals surface area (Å²) in [6.45, 7) is 1.55. The molecule has 0 radical (unpaired) electrons. The summed E-state index contributed by atoms with van der Waals surface area (Å²) >= 11 is 0. The number of rotatable bonds is 3. The molecule has 5 nitrogen and oxygen atoms in total. The normalized spacial score (nSPS) is 29.4. The number of ether oxygens (including phenoxy) is 1. The average Bonchev–Trinajstić information content (AvgIpc) is 2.15. The molecule has 0 aromatic heterocycles. The molecular formula is C8H18N2O3S. The van der Waals surface area contributed by atoms with Crippen molar-refractivity contribution in [2.75, 3.05) is 33.5 Å². The third kappa shape index (κ3) is 2.66. The molecule has 0 unspecified atom stereocenters. The van der Waals surface area contributed by atoms with E-state index in [2.05, 4.69) is 5.32 Å². The lowest BCUT2D eigenvalue weighted by Gasteiger charge is -2.36. The van der Waals surface area contributed by atoms with Gasteiger partial charge in [0.05, 0.1) is 18.4 Å². The van der Waals surface area contributed by atoms with Crippen molar-refractivity contribution in [1.29, 1.82) is 0 Å². The van der Waals surface area contributed by atoms with Crippen LogP contribution >= 0.6 is 0 Å². The van der Waals surface area contributed by atoms with Gasteiger partial charge in [0.15, 0.2) is 0 Å². The van der Waals surface area contributed by atoms with Crippen molar-refractivity contribution in [2.45, 2.75) is 18.6 Å². The molecular weight excluding hydrogens is 204 g/mol. The van der Waals surface area contributed by atoms with Crippen LogP contribution in [0.5, 0.6) is 0 Å². The highest BCUT2D eigenvalue weighted by atomic mass is 32.2. The smallest absolute Gasteiger partial charge is 0.211 e. The van der Waals surface area contributed by atoms with E-state index in [0.717, 1.165) is 13.0 Å². The number of likely N-dealkylation sites (N-methyl/N-ethyl adjacent to an activating group) is 1. The van der Waals surface area contributed by atoms with Crippen molar-refractivity contribution >= 4 is 10.0 Å². The molecule has 1 rings (SSSR count). The summed E-state index contributed by atoms with van der Waals surface area (Å²) in [5.41, 5.74) is 0. The summed E-state index contributed by atoms with van der Waals surface area (Å²) < 4.78 is 29.3. The number of hydrogen-bond acceptors (Lipinski definition) is 4. The Balaban J connectivity index is 2.73. The van der Waals surface area contributed by atoms with Crippen molar-refractivity contribution in [2.24, 2.45) is 0 Å². The van der Waals surface area contributed by atoms with Crippen LogP contribution in [0.1, 0.15) is 6.42 Å². The Labute approximate surface area is 85.5 Å². The first-order valence-electron chi connectivity index (χ1n) is 4.63. The highest BCUT2D eigenvalue weighted by Crippen LogP contribution is 2.15. The molecule has 0 aromatic carbocycles. The summed E-state index contributed by atoms with van der Waals surface area (Å²) in [4.78, 5) is 0. The van der Waals surface area contributed by atoms with E-state index < -0.39 is 10.0 Å². The minimum Gasteiger partial charge on any atom is -0.378 e. The molecule has 84 valence electrons. The number of piperidine rings is 1. The molecule has 2 atom stereocenters. The van der Waals surface area contributed by atoms with Gasteiger partial charge in [0.25, 0.3) is 0 Å². The molecule has 1 aliphatic rings. The van der Waals surface area contributed by atoms with Gasteiger partial charge in [-0.3, -0.25) is 0 Å². The number of nitrogens with zero attached hydrogens (tertiary/aromatic N) is 1. The average molecular weight is 222 g/mol. The highest BCUT2D eigenvalue weighted by Gasteiger charge is 2.32. The van der Waals surface area contributed by atoms with Gasteiger partial charge in [0.1, 0.15) is 0 Å². The first-order chi connectivity index (χ1) is 6.46. The monoisotopic (exact) mass is 222 g/mol. The number of sulfonamides is 1. The standard InChI is InChI=1S/C8H18N2O3S/c1-10(14(3,11)12)7-4-5-9-6-8(7)13-2/h7-9H,4-6H2,1-3H3/t7-,8-/m1/s1. The van der Waals surface area contributed by atoms with Gasteiger partial charge in [-0.15, -0.1) is 0 Å². The predicted molar refractivity (Wildman–Crippen MR) is 54.7 cm³/mol. The van der Waals surface area contributed by atoms with Crippen molar-refractivity contribution in [3.63, 3.8) is 0 Å². The van der Waals surface area contributed by atoms with E-state index in [1.54, 1.807) is 14.2 Å². The first-order valence-corrected chi connectivity index (χ1v) is 6.48. The van der Waals surface area contributed by atoms with Crippen LogP contribution in [0, 0.1) is 0 Å². The molecule has 0 bridgehead atoms. The van der Waals surface area contributed by atoms with Crippen LogP contribution in [0.2, 0.25) is 0 Å². The Kier molecular flexibility index (Phi) is 3.88. The largest absolute Gasteiger partial charge is 0.378 e. The fraction of sp³-hybridized carbons (Fsp3) is 1.00. The minimum atomic E-state index is -3.12. The van der Waals surface area contributed by atoms with Gasteiger partial charge in [-0.2, -0.15) is 4.31 Å².